The fourth-order valence-electron chi connectivity index (χ4n) is 5.22. The lowest BCUT2D eigenvalue weighted by atomic mass is 10.1. The van der Waals surface area contributed by atoms with Crippen LogP contribution in [0.2, 0.25) is 0 Å². The maximum absolute atomic E-state index is 13.1. The highest BCUT2D eigenvalue weighted by Crippen LogP contribution is 2.46. The van der Waals surface area contributed by atoms with E-state index in [1.807, 2.05) is 97.1 Å². The van der Waals surface area contributed by atoms with Gasteiger partial charge in [-0.15, -0.1) is 0 Å². The van der Waals surface area contributed by atoms with E-state index in [0.29, 0.717) is 0 Å². The lowest BCUT2D eigenvalue weighted by Crippen LogP contribution is -2.22. The topological polar surface area (TPSA) is 52.6 Å². The molecule has 0 heterocycles. The second-order valence-corrected chi connectivity index (χ2v) is 9.14. The maximum atomic E-state index is 13.1. The van der Waals surface area contributed by atoms with E-state index in [1.165, 1.54) is 0 Å². The van der Waals surface area contributed by atoms with Crippen LogP contribution in [0.4, 0.5) is 0 Å². The van der Waals surface area contributed by atoms with Crippen molar-refractivity contribution in [3.63, 3.8) is 0 Å². The van der Waals surface area contributed by atoms with Crippen LogP contribution < -0.4 is 0 Å². The Kier molecular flexibility index (Phi) is 5.22. The van der Waals surface area contributed by atoms with E-state index in [-0.39, 0.29) is 6.42 Å². The molecule has 35 heavy (non-hydrogen) atoms. The summed E-state index contributed by atoms with van der Waals surface area (Å²) in [7, 11) is 0. The zero-order chi connectivity index (χ0) is 23.9. The number of benzene rings is 4. The van der Waals surface area contributed by atoms with Crippen molar-refractivity contribution in [2.24, 2.45) is 5.92 Å². The lowest BCUT2D eigenvalue weighted by Gasteiger charge is -2.19. The number of hydrogen-bond acceptors (Lipinski definition) is 4. The normalized spacial score (nSPS) is 14.4. The number of carbonyl (C=O) groups is 2. The molecule has 1 unspecified atom stereocenters. The first kappa shape index (κ1) is 21.4. The van der Waals surface area contributed by atoms with Gasteiger partial charge in [-0.05, 0) is 22.3 Å². The molecule has 2 aliphatic rings. The van der Waals surface area contributed by atoms with Crippen LogP contribution in [0, 0.1) is 5.92 Å². The summed E-state index contributed by atoms with van der Waals surface area (Å²) in [6.07, 6.45) is -0.982. The molecular formula is C31H24O4. The second-order valence-electron chi connectivity index (χ2n) is 9.14. The van der Waals surface area contributed by atoms with E-state index in [2.05, 4.69) is 0 Å². The summed E-state index contributed by atoms with van der Waals surface area (Å²) in [6, 6.07) is 31.8. The first-order valence-electron chi connectivity index (χ1n) is 11.9. The van der Waals surface area contributed by atoms with Gasteiger partial charge in [0.05, 0.1) is 12.3 Å². The van der Waals surface area contributed by atoms with Gasteiger partial charge in [0.1, 0.15) is 0 Å². The van der Waals surface area contributed by atoms with Crippen LogP contribution in [0.1, 0.15) is 47.8 Å². The molecule has 4 heteroatoms. The smallest absolute Gasteiger partial charge is 0.310 e. The van der Waals surface area contributed by atoms with Crippen LogP contribution in [-0.2, 0) is 19.1 Å². The molecule has 4 nitrogen and oxygen atoms in total. The molecule has 0 saturated heterocycles. The first-order valence-corrected chi connectivity index (χ1v) is 11.9. The summed E-state index contributed by atoms with van der Waals surface area (Å²) in [4.78, 5) is 26.0. The van der Waals surface area contributed by atoms with Gasteiger partial charge in [0.25, 0.3) is 0 Å². The van der Waals surface area contributed by atoms with E-state index in [0.717, 1.165) is 44.5 Å². The lowest BCUT2D eigenvalue weighted by molar-refractivity contribution is -0.158. The van der Waals surface area contributed by atoms with E-state index < -0.39 is 30.1 Å². The summed E-state index contributed by atoms with van der Waals surface area (Å²) in [5.74, 6) is -1.46. The molecule has 0 fully saturated rings. The summed E-state index contributed by atoms with van der Waals surface area (Å²) < 4.78 is 11.9. The Morgan fingerprint density at radius 1 is 0.600 bits per heavy atom. The molecule has 6 rings (SSSR count). The van der Waals surface area contributed by atoms with Crippen LogP contribution in [0.15, 0.2) is 97.1 Å². The average Bonchev–Trinajstić information content (AvgIpc) is 3.37. The number of esters is 2. The van der Waals surface area contributed by atoms with E-state index in [1.54, 1.807) is 6.92 Å². The van der Waals surface area contributed by atoms with Crippen LogP contribution in [0.3, 0.4) is 0 Å². The van der Waals surface area contributed by atoms with Gasteiger partial charge in [0, 0.05) is 22.3 Å². The van der Waals surface area contributed by atoms with Crippen molar-refractivity contribution in [1.82, 2.24) is 0 Å². The number of carbonyl (C=O) groups excluding carboxylic acids is 2. The third-order valence-corrected chi connectivity index (χ3v) is 6.91. The predicted octanol–water partition coefficient (Wildman–Crippen LogP) is 6.64. The summed E-state index contributed by atoms with van der Waals surface area (Å²) in [5, 5.41) is 0. The Balaban J connectivity index is 1.17. The number of fused-ring (bicyclic) bond motifs is 6. The zero-order valence-electron chi connectivity index (χ0n) is 19.3. The fourth-order valence-corrected chi connectivity index (χ4v) is 5.22. The molecule has 4 aromatic carbocycles. The van der Waals surface area contributed by atoms with Gasteiger partial charge in [-0.1, -0.05) is 104 Å². The van der Waals surface area contributed by atoms with Crippen molar-refractivity contribution >= 4 is 11.9 Å². The molecule has 2 aliphatic carbocycles. The highest BCUT2D eigenvalue weighted by Gasteiger charge is 2.34. The number of rotatable bonds is 5. The molecule has 0 aromatic heterocycles. The van der Waals surface area contributed by atoms with Gasteiger partial charge in [-0.3, -0.25) is 9.59 Å². The Morgan fingerprint density at radius 3 is 1.34 bits per heavy atom. The highest BCUT2D eigenvalue weighted by molar-refractivity contribution is 5.84. The van der Waals surface area contributed by atoms with Gasteiger partial charge in [0.15, 0.2) is 12.2 Å². The monoisotopic (exact) mass is 460 g/mol. The standard InChI is InChI=1S/C31H24O4/c1-19(31(33)35-30-26-16-8-4-12-22(26)23-13-5-9-17-27(23)30)18-28(32)34-29-24-14-6-2-10-20(24)21-11-3-7-15-25(21)29/h2-17,19,29-30H,18H2,1H3. The Morgan fingerprint density at radius 2 is 0.943 bits per heavy atom. The molecule has 172 valence electrons. The molecule has 4 aromatic rings. The van der Waals surface area contributed by atoms with Crippen molar-refractivity contribution in [3.8, 4) is 22.3 Å². The molecule has 0 spiro atoms. The molecule has 0 aliphatic heterocycles. The molecule has 0 radical (unpaired) electrons. The zero-order valence-corrected chi connectivity index (χ0v) is 19.3. The summed E-state index contributed by atoms with van der Waals surface area (Å²) in [5.41, 5.74) is 8.18. The number of ether oxygens (including phenoxy) is 2. The SMILES string of the molecule is CC(CC(=O)OC1c2ccccc2-c2ccccc21)C(=O)OC1c2ccccc2-c2ccccc21. The minimum atomic E-state index is -0.630. The third kappa shape index (κ3) is 3.62. The van der Waals surface area contributed by atoms with E-state index in [4.69, 9.17) is 9.47 Å². The van der Waals surface area contributed by atoms with Crippen molar-refractivity contribution in [1.29, 1.82) is 0 Å². The van der Waals surface area contributed by atoms with Crippen molar-refractivity contribution in [2.45, 2.75) is 25.6 Å². The molecule has 0 saturated carbocycles. The molecular weight excluding hydrogens is 436 g/mol. The summed E-state index contributed by atoms with van der Waals surface area (Å²) in [6.45, 7) is 1.72. The quantitative estimate of drug-likeness (QED) is 0.313. The molecule has 0 bridgehead atoms. The predicted molar refractivity (Wildman–Crippen MR) is 133 cm³/mol. The molecule has 1 atom stereocenters. The Hall–Kier alpha value is -4.18. The van der Waals surface area contributed by atoms with Crippen molar-refractivity contribution in [2.75, 3.05) is 0 Å². The minimum absolute atomic E-state index is 0.0460. The summed E-state index contributed by atoms with van der Waals surface area (Å²) >= 11 is 0. The minimum Gasteiger partial charge on any atom is -0.452 e. The number of hydrogen-bond donors (Lipinski definition) is 0. The average molecular weight is 461 g/mol. The van der Waals surface area contributed by atoms with Gasteiger partial charge >= 0.3 is 11.9 Å². The molecule has 0 amide bonds. The van der Waals surface area contributed by atoms with Gasteiger partial charge < -0.3 is 9.47 Å². The first-order chi connectivity index (χ1) is 17.1. The van der Waals surface area contributed by atoms with Gasteiger partial charge in [-0.25, -0.2) is 0 Å². The van der Waals surface area contributed by atoms with Crippen LogP contribution >= 0.6 is 0 Å². The third-order valence-electron chi connectivity index (χ3n) is 6.91. The van der Waals surface area contributed by atoms with Gasteiger partial charge in [-0.2, -0.15) is 0 Å². The van der Waals surface area contributed by atoms with Crippen LogP contribution in [-0.4, -0.2) is 11.9 Å². The Labute approximate surface area is 204 Å². The van der Waals surface area contributed by atoms with Crippen molar-refractivity contribution < 1.29 is 19.1 Å². The van der Waals surface area contributed by atoms with E-state index >= 15 is 0 Å². The van der Waals surface area contributed by atoms with Crippen LogP contribution in [0.5, 0.6) is 0 Å². The molecule has 0 N–H and O–H groups in total. The van der Waals surface area contributed by atoms with Crippen molar-refractivity contribution in [3.05, 3.63) is 119 Å². The fraction of sp³-hybridized carbons (Fsp3) is 0.161. The largest absolute Gasteiger partial charge is 0.452 e. The van der Waals surface area contributed by atoms with E-state index in [9.17, 15) is 9.59 Å². The van der Waals surface area contributed by atoms with Gasteiger partial charge in [0.2, 0.25) is 0 Å². The second kappa shape index (κ2) is 8.55. The maximum Gasteiger partial charge on any atom is 0.310 e. The van der Waals surface area contributed by atoms with Crippen LogP contribution in [0.25, 0.3) is 22.3 Å². The highest BCUT2D eigenvalue weighted by atomic mass is 16.6. The Bertz CT molecular complexity index is 1360.